The minimum absolute atomic E-state index is 0.751. The summed E-state index contributed by atoms with van der Waals surface area (Å²) in [5.74, 6) is 1.60. The predicted octanol–water partition coefficient (Wildman–Crippen LogP) is 4.18. The number of nitrogens with zero attached hydrogens (tertiary/aromatic N) is 2. The van der Waals surface area contributed by atoms with Crippen LogP contribution < -0.4 is 9.80 Å². The number of piperazine rings is 1. The lowest BCUT2D eigenvalue weighted by atomic mass is 10.2. The topological polar surface area (TPSA) is 33.2 Å². The summed E-state index contributed by atoms with van der Waals surface area (Å²) in [7, 11) is 0. The highest BCUT2D eigenvalue weighted by Crippen LogP contribution is 2.24. The fraction of sp³-hybridized carbons (Fsp3) is 0.261. The summed E-state index contributed by atoms with van der Waals surface area (Å²) in [5.41, 5.74) is 3.27. The molecule has 0 spiro atoms. The first-order chi connectivity index (χ1) is 13.7. The predicted molar refractivity (Wildman–Crippen MR) is 119 cm³/mol. The molecule has 5 heteroatoms. The number of aliphatic imine (C=N–C) groups is 1. The third kappa shape index (κ3) is 4.54. The van der Waals surface area contributed by atoms with E-state index in [-0.39, 0.29) is 0 Å². The Labute approximate surface area is 174 Å². The molecule has 0 saturated carbocycles. The SMILES string of the molecule is CC[NH+]1CCN(c2ccc(N=Cc3ccc(-c4ccc(Br)cc4)o3)cc2)CC1. The maximum Gasteiger partial charge on any atom is 0.145 e. The molecule has 2 heterocycles. The Bertz CT molecular complexity index is 923. The number of nitrogens with one attached hydrogen (secondary N) is 1. The van der Waals surface area contributed by atoms with Crippen molar-refractivity contribution in [2.75, 3.05) is 37.6 Å². The molecule has 4 rings (SSSR count). The number of anilines is 1. The molecule has 1 aromatic heterocycles. The molecule has 0 amide bonds. The zero-order valence-corrected chi connectivity index (χ0v) is 17.7. The van der Waals surface area contributed by atoms with Gasteiger partial charge in [0.1, 0.15) is 11.5 Å². The maximum atomic E-state index is 5.90. The number of halogens is 1. The van der Waals surface area contributed by atoms with Gasteiger partial charge in [0.05, 0.1) is 44.6 Å². The Kier molecular flexibility index (Phi) is 5.93. The Hall–Kier alpha value is -2.37. The van der Waals surface area contributed by atoms with Crippen molar-refractivity contribution in [3.63, 3.8) is 0 Å². The van der Waals surface area contributed by atoms with E-state index in [0.717, 1.165) is 40.3 Å². The van der Waals surface area contributed by atoms with Crippen LogP contribution in [-0.2, 0) is 0 Å². The van der Waals surface area contributed by atoms with Crippen molar-refractivity contribution >= 4 is 33.5 Å². The van der Waals surface area contributed by atoms with E-state index >= 15 is 0 Å². The average molecular weight is 439 g/mol. The van der Waals surface area contributed by atoms with Gasteiger partial charge in [-0.1, -0.05) is 28.1 Å². The number of hydrogen-bond donors (Lipinski definition) is 1. The third-order valence-corrected chi connectivity index (χ3v) is 5.81. The van der Waals surface area contributed by atoms with Crippen LogP contribution in [0.1, 0.15) is 12.7 Å². The normalized spacial score (nSPS) is 15.4. The van der Waals surface area contributed by atoms with E-state index in [2.05, 4.69) is 57.0 Å². The van der Waals surface area contributed by atoms with E-state index in [0.29, 0.717) is 0 Å². The van der Waals surface area contributed by atoms with Gasteiger partial charge in [-0.05, 0) is 55.5 Å². The van der Waals surface area contributed by atoms with Crippen molar-refractivity contribution in [2.24, 2.45) is 4.99 Å². The van der Waals surface area contributed by atoms with Gasteiger partial charge in [-0.2, -0.15) is 0 Å². The molecule has 1 aliphatic heterocycles. The minimum atomic E-state index is 0.751. The molecule has 28 heavy (non-hydrogen) atoms. The maximum absolute atomic E-state index is 5.90. The molecular weight excluding hydrogens is 414 g/mol. The van der Waals surface area contributed by atoms with Gasteiger partial charge in [0.2, 0.25) is 0 Å². The lowest BCUT2D eigenvalue weighted by Crippen LogP contribution is -3.14. The van der Waals surface area contributed by atoms with E-state index in [1.807, 2.05) is 36.4 Å². The second kappa shape index (κ2) is 8.76. The number of furan rings is 1. The highest BCUT2D eigenvalue weighted by atomic mass is 79.9. The van der Waals surface area contributed by atoms with Crippen molar-refractivity contribution in [1.29, 1.82) is 0 Å². The molecule has 0 radical (unpaired) electrons. The van der Waals surface area contributed by atoms with Crippen molar-refractivity contribution in [3.8, 4) is 11.3 Å². The summed E-state index contributed by atoms with van der Waals surface area (Å²) >= 11 is 3.45. The smallest absolute Gasteiger partial charge is 0.145 e. The van der Waals surface area contributed by atoms with Crippen molar-refractivity contribution in [1.82, 2.24) is 0 Å². The molecule has 0 unspecified atom stereocenters. The Morgan fingerprint density at radius 2 is 1.71 bits per heavy atom. The number of benzene rings is 2. The summed E-state index contributed by atoms with van der Waals surface area (Å²) in [6.45, 7) is 8.16. The van der Waals surface area contributed by atoms with Gasteiger partial charge in [0.25, 0.3) is 0 Å². The lowest BCUT2D eigenvalue weighted by Gasteiger charge is -2.33. The monoisotopic (exact) mass is 438 g/mol. The van der Waals surface area contributed by atoms with Crippen LogP contribution in [0, 0.1) is 0 Å². The lowest BCUT2D eigenvalue weighted by molar-refractivity contribution is -0.898. The first-order valence-corrected chi connectivity index (χ1v) is 10.6. The highest BCUT2D eigenvalue weighted by molar-refractivity contribution is 9.10. The molecule has 2 aromatic carbocycles. The van der Waals surface area contributed by atoms with E-state index in [9.17, 15) is 0 Å². The quantitative estimate of drug-likeness (QED) is 0.605. The number of hydrogen-bond acceptors (Lipinski definition) is 3. The van der Waals surface area contributed by atoms with Gasteiger partial charge >= 0.3 is 0 Å². The highest BCUT2D eigenvalue weighted by Gasteiger charge is 2.18. The second-order valence-corrected chi connectivity index (χ2v) is 7.99. The summed E-state index contributed by atoms with van der Waals surface area (Å²) in [6, 6.07) is 20.5. The first kappa shape index (κ1) is 19.0. The molecular formula is C23H25BrN3O+. The Balaban J connectivity index is 1.39. The van der Waals surface area contributed by atoms with Crippen molar-refractivity contribution in [3.05, 3.63) is 70.9 Å². The van der Waals surface area contributed by atoms with Crippen molar-refractivity contribution in [2.45, 2.75) is 6.92 Å². The molecule has 1 aliphatic rings. The van der Waals surface area contributed by atoms with Gasteiger partial charge in [-0.15, -0.1) is 0 Å². The van der Waals surface area contributed by atoms with Crippen LogP contribution in [-0.4, -0.2) is 38.9 Å². The molecule has 0 aliphatic carbocycles. The molecule has 4 nitrogen and oxygen atoms in total. The van der Waals surface area contributed by atoms with E-state index < -0.39 is 0 Å². The summed E-state index contributed by atoms with van der Waals surface area (Å²) in [4.78, 5) is 8.72. The van der Waals surface area contributed by atoms with Crippen LogP contribution in [0.4, 0.5) is 11.4 Å². The fourth-order valence-corrected chi connectivity index (χ4v) is 3.78. The van der Waals surface area contributed by atoms with Gasteiger partial charge in [0.15, 0.2) is 0 Å². The van der Waals surface area contributed by atoms with E-state index in [1.54, 1.807) is 11.1 Å². The molecule has 144 valence electrons. The zero-order chi connectivity index (χ0) is 19.3. The van der Waals surface area contributed by atoms with Crippen LogP contribution in [0.25, 0.3) is 11.3 Å². The first-order valence-electron chi connectivity index (χ1n) is 9.79. The summed E-state index contributed by atoms with van der Waals surface area (Å²) in [5, 5.41) is 0. The van der Waals surface area contributed by atoms with Gasteiger partial charge < -0.3 is 14.2 Å². The van der Waals surface area contributed by atoms with Crippen molar-refractivity contribution < 1.29 is 9.32 Å². The van der Waals surface area contributed by atoms with Crippen LogP contribution in [0.3, 0.4) is 0 Å². The molecule has 1 saturated heterocycles. The molecule has 0 bridgehead atoms. The van der Waals surface area contributed by atoms with E-state index in [4.69, 9.17) is 4.42 Å². The fourth-order valence-electron chi connectivity index (χ4n) is 3.51. The average Bonchev–Trinajstić information content (AvgIpc) is 3.22. The zero-order valence-electron chi connectivity index (χ0n) is 16.1. The number of rotatable bonds is 5. The standard InChI is InChI=1S/C23H24BrN3O/c1-2-26-13-15-27(16-14-26)21-9-7-20(8-10-21)25-17-22-11-12-23(28-22)18-3-5-19(24)6-4-18/h3-12,17H,2,13-16H2,1H3/p+1. The summed E-state index contributed by atoms with van der Waals surface area (Å²) < 4.78 is 6.95. The van der Waals surface area contributed by atoms with Crippen LogP contribution >= 0.6 is 15.9 Å². The van der Waals surface area contributed by atoms with Crippen LogP contribution in [0.5, 0.6) is 0 Å². The molecule has 0 atom stereocenters. The molecule has 3 aromatic rings. The molecule has 1 N–H and O–H groups in total. The van der Waals surface area contributed by atoms with Gasteiger partial charge in [0, 0.05) is 15.7 Å². The van der Waals surface area contributed by atoms with Crippen LogP contribution in [0.15, 0.2) is 74.5 Å². The van der Waals surface area contributed by atoms with Crippen LogP contribution in [0.2, 0.25) is 0 Å². The number of likely N-dealkylation sites (N-methyl/N-ethyl adjacent to an activating group) is 1. The van der Waals surface area contributed by atoms with Gasteiger partial charge in [-0.25, -0.2) is 0 Å². The number of quaternary nitrogens is 1. The molecule has 1 fully saturated rings. The Morgan fingerprint density at radius 3 is 2.39 bits per heavy atom. The van der Waals surface area contributed by atoms with Gasteiger partial charge in [-0.3, -0.25) is 4.99 Å². The second-order valence-electron chi connectivity index (χ2n) is 7.07. The summed E-state index contributed by atoms with van der Waals surface area (Å²) in [6.07, 6.45) is 1.78. The van der Waals surface area contributed by atoms with E-state index in [1.165, 1.54) is 25.3 Å². The largest absolute Gasteiger partial charge is 0.455 e. The Morgan fingerprint density at radius 1 is 1.00 bits per heavy atom. The minimum Gasteiger partial charge on any atom is -0.455 e. The third-order valence-electron chi connectivity index (χ3n) is 5.28.